The molecule has 0 unspecified atom stereocenters. The van der Waals surface area contributed by atoms with E-state index >= 15 is 0 Å². The standard InChI is InChI=1S/C16H16Cl2N2O3S/c17-13-5-7-14(8-6-13)24(22,23)20-10-9-16(21)19-11-12-3-1-2-4-15(12)18/h1-8,20H,9-11H2,(H,19,21). The molecule has 24 heavy (non-hydrogen) atoms. The molecule has 2 rings (SSSR count). The second kappa shape index (κ2) is 8.48. The van der Waals surface area contributed by atoms with Crippen molar-refractivity contribution in [1.29, 1.82) is 0 Å². The molecule has 0 aliphatic rings. The number of hydrogen-bond acceptors (Lipinski definition) is 3. The van der Waals surface area contributed by atoms with Crippen LogP contribution in [-0.4, -0.2) is 20.9 Å². The third kappa shape index (κ3) is 5.49. The van der Waals surface area contributed by atoms with E-state index in [1.54, 1.807) is 12.1 Å². The van der Waals surface area contributed by atoms with E-state index in [9.17, 15) is 13.2 Å². The predicted molar refractivity (Wildman–Crippen MR) is 94.6 cm³/mol. The first kappa shape index (κ1) is 18.7. The van der Waals surface area contributed by atoms with Gasteiger partial charge in [-0.3, -0.25) is 4.79 Å². The van der Waals surface area contributed by atoms with Gasteiger partial charge in [0.15, 0.2) is 0 Å². The molecule has 1 amide bonds. The van der Waals surface area contributed by atoms with Crippen LogP contribution in [0.3, 0.4) is 0 Å². The lowest BCUT2D eigenvalue weighted by Crippen LogP contribution is -2.30. The van der Waals surface area contributed by atoms with Crippen LogP contribution < -0.4 is 10.0 Å². The van der Waals surface area contributed by atoms with Gasteiger partial charge in [-0.05, 0) is 35.9 Å². The van der Waals surface area contributed by atoms with Crippen LogP contribution in [0.25, 0.3) is 0 Å². The Bertz CT molecular complexity index is 808. The summed E-state index contributed by atoms with van der Waals surface area (Å²) in [4.78, 5) is 11.9. The van der Waals surface area contributed by atoms with E-state index in [0.29, 0.717) is 16.6 Å². The van der Waals surface area contributed by atoms with Crippen molar-refractivity contribution < 1.29 is 13.2 Å². The van der Waals surface area contributed by atoms with Gasteiger partial charge in [0.1, 0.15) is 0 Å². The fraction of sp³-hybridized carbons (Fsp3) is 0.188. The molecule has 0 heterocycles. The number of sulfonamides is 1. The molecular weight excluding hydrogens is 371 g/mol. The maximum absolute atomic E-state index is 12.0. The second-order valence-electron chi connectivity index (χ2n) is 4.97. The van der Waals surface area contributed by atoms with E-state index in [0.717, 1.165) is 5.56 Å². The van der Waals surface area contributed by atoms with Crippen molar-refractivity contribution in [1.82, 2.24) is 10.0 Å². The van der Waals surface area contributed by atoms with E-state index in [2.05, 4.69) is 10.0 Å². The average Bonchev–Trinajstić information content (AvgIpc) is 2.54. The number of hydrogen-bond donors (Lipinski definition) is 2. The number of carbonyl (C=O) groups excluding carboxylic acids is 1. The second-order valence-corrected chi connectivity index (χ2v) is 7.58. The molecule has 128 valence electrons. The van der Waals surface area contributed by atoms with Gasteiger partial charge in [-0.15, -0.1) is 0 Å². The Labute approximate surface area is 151 Å². The Balaban J connectivity index is 1.80. The van der Waals surface area contributed by atoms with Crippen LogP contribution in [0.1, 0.15) is 12.0 Å². The van der Waals surface area contributed by atoms with E-state index in [1.165, 1.54) is 24.3 Å². The zero-order chi connectivity index (χ0) is 17.6. The Morgan fingerprint density at radius 2 is 1.67 bits per heavy atom. The van der Waals surface area contributed by atoms with Gasteiger partial charge in [-0.25, -0.2) is 13.1 Å². The molecule has 0 aliphatic carbocycles. The van der Waals surface area contributed by atoms with Crippen LogP contribution in [0, 0.1) is 0 Å². The highest BCUT2D eigenvalue weighted by Gasteiger charge is 2.14. The fourth-order valence-corrected chi connectivity index (χ4v) is 3.28. The summed E-state index contributed by atoms with van der Waals surface area (Å²) in [6, 6.07) is 13.0. The van der Waals surface area contributed by atoms with Gasteiger partial charge in [-0.2, -0.15) is 0 Å². The highest BCUT2D eigenvalue weighted by molar-refractivity contribution is 7.89. The fourth-order valence-electron chi connectivity index (χ4n) is 1.92. The highest BCUT2D eigenvalue weighted by atomic mass is 35.5. The van der Waals surface area contributed by atoms with Crippen molar-refractivity contribution in [3.8, 4) is 0 Å². The van der Waals surface area contributed by atoms with E-state index in [4.69, 9.17) is 23.2 Å². The lowest BCUT2D eigenvalue weighted by atomic mass is 10.2. The number of benzene rings is 2. The van der Waals surface area contributed by atoms with Crippen LogP contribution in [0.4, 0.5) is 0 Å². The van der Waals surface area contributed by atoms with Gasteiger partial charge in [0.2, 0.25) is 15.9 Å². The Kier molecular flexibility index (Phi) is 6.62. The molecule has 0 aromatic heterocycles. The van der Waals surface area contributed by atoms with Crippen LogP contribution >= 0.6 is 23.2 Å². The zero-order valence-corrected chi connectivity index (χ0v) is 15.0. The largest absolute Gasteiger partial charge is 0.352 e. The van der Waals surface area contributed by atoms with Gasteiger partial charge < -0.3 is 5.32 Å². The smallest absolute Gasteiger partial charge is 0.240 e. The van der Waals surface area contributed by atoms with Crippen molar-refractivity contribution in [2.75, 3.05) is 6.54 Å². The number of carbonyl (C=O) groups is 1. The first-order valence-corrected chi connectivity index (χ1v) is 9.38. The quantitative estimate of drug-likeness (QED) is 0.767. The molecule has 0 saturated carbocycles. The molecule has 0 atom stereocenters. The molecule has 0 saturated heterocycles. The van der Waals surface area contributed by atoms with Crippen LogP contribution in [-0.2, 0) is 21.4 Å². The average molecular weight is 387 g/mol. The summed E-state index contributed by atoms with van der Waals surface area (Å²) in [5, 5.41) is 3.72. The van der Waals surface area contributed by atoms with Gasteiger partial charge in [-0.1, -0.05) is 41.4 Å². The van der Waals surface area contributed by atoms with Crippen LogP contribution in [0.2, 0.25) is 10.0 Å². The molecule has 0 aliphatic heterocycles. The van der Waals surface area contributed by atoms with Gasteiger partial charge in [0.05, 0.1) is 4.90 Å². The lowest BCUT2D eigenvalue weighted by Gasteiger charge is -2.08. The Hall–Kier alpha value is -1.60. The van der Waals surface area contributed by atoms with E-state index < -0.39 is 10.0 Å². The molecule has 0 spiro atoms. The molecule has 2 N–H and O–H groups in total. The maximum atomic E-state index is 12.0. The van der Waals surface area contributed by atoms with Gasteiger partial charge in [0.25, 0.3) is 0 Å². The minimum atomic E-state index is -3.66. The minimum absolute atomic E-state index is 0.000680. The summed E-state index contributed by atoms with van der Waals surface area (Å²) in [7, 11) is -3.66. The molecule has 0 radical (unpaired) electrons. The molecular formula is C16H16Cl2N2O3S. The molecule has 8 heteroatoms. The summed E-state index contributed by atoms with van der Waals surface area (Å²) >= 11 is 11.7. The van der Waals surface area contributed by atoms with E-state index in [-0.39, 0.29) is 23.8 Å². The summed E-state index contributed by atoms with van der Waals surface area (Å²) in [5.74, 6) is -0.270. The number of amides is 1. The monoisotopic (exact) mass is 386 g/mol. The number of halogens is 2. The first-order valence-electron chi connectivity index (χ1n) is 7.14. The molecule has 0 fully saturated rings. The van der Waals surface area contributed by atoms with Crippen molar-refractivity contribution in [2.45, 2.75) is 17.9 Å². The predicted octanol–water partition coefficient (Wildman–Crippen LogP) is 2.98. The van der Waals surface area contributed by atoms with Crippen molar-refractivity contribution in [2.24, 2.45) is 0 Å². The molecule has 2 aromatic rings. The third-order valence-electron chi connectivity index (χ3n) is 3.20. The zero-order valence-electron chi connectivity index (χ0n) is 12.6. The van der Waals surface area contributed by atoms with Crippen molar-refractivity contribution in [3.05, 3.63) is 64.1 Å². The first-order chi connectivity index (χ1) is 11.4. The van der Waals surface area contributed by atoms with Crippen LogP contribution in [0.5, 0.6) is 0 Å². The SMILES string of the molecule is O=C(CCNS(=O)(=O)c1ccc(Cl)cc1)NCc1ccccc1Cl. The van der Waals surface area contributed by atoms with Crippen LogP contribution in [0.15, 0.2) is 53.4 Å². The van der Waals surface area contributed by atoms with Gasteiger partial charge in [0, 0.05) is 29.6 Å². The summed E-state index contributed by atoms with van der Waals surface area (Å²) in [6.45, 7) is 0.293. The molecule has 5 nitrogen and oxygen atoms in total. The summed E-state index contributed by atoms with van der Waals surface area (Å²) < 4.78 is 26.5. The lowest BCUT2D eigenvalue weighted by molar-refractivity contribution is -0.121. The van der Waals surface area contributed by atoms with Crippen molar-refractivity contribution in [3.63, 3.8) is 0 Å². The third-order valence-corrected chi connectivity index (χ3v) is 5.30. The minimum Gasteiger partial charge on any atom is -0.352 e. The van der Waals surface area contributed by atoms with Crippen molar-refractivity contribution >= 4 is 39.1 Å². The normalized spacial score (nSPS) is 11.2. The highest BCUT2D eigenvalue weighted by Crippen LogP contribution is 2.15. The summed E-state index contributed by atoms with van der Waals surface area (Å²) in [5.41, 5.74) is 0.800. The Morgan fingerprint density at radius 3 is 2.33 bits per heavy atom. The molecule has 2 aromatic carbocycles. The maximum Gasteiger partial charge on any atom is 0.240 e. The molecule has 0 bridgehead atoms. The number of nitrogens with one attached hydrogen (secondary N) is 2. The van der Waals surface area contributed by atoms with E-state index in [1.807, 2.05) is 12.1 Å². The number of rotatable bonds is 7. The van der Waals surface area contributed by atoms with Gasteiger partial charge >= 0.3 is 0 Å². The Morgan fingerprint density at radius 1 is 1.00 bits per heavy atom. The summed E-state index contributed by atoms with van der Waals surface area (Å²) in [6.07, 6.45) is 0.0251. The topological polar surface area (TPSA) is 75.3 Å².